The van der Waals surface area contributed by atoms with E-state index in [-0.39, 0.29) is 5.69 Å². The van der Waals surface area contributed by atoms with Crippen LogP contribution >= 0.6 is 11.3 Å². The van der Waals surface area contributed by atoms with E-state index in [0.29, 0.717) is 0 Å². The molecule has 3 rings (SSSR count). The first-order chi connectivity index (χ1) is 8.24. The molecule has 0 aliphatic rings. The van der Waals surface area contributed by atoms with Crippen LogP contribution in [0.5, 0.6) is 0 Å². The zero-order valence-electron chi connectivity index (χ0n) is 8.70. The van der Waals surface area contributed by atoms with E-state index in [1.54, 1.807) is 17.4 Å². The molecular formula is C12H8N2O2S. The Morgan fingerprint density at radius 2 is 2.29 bits per heavy atom. The Morgan fingerprint density at radius 3 is 3.00 bits per heavy atom. The summed E-state index contributed by atoms with van der Waals surface area (Å²) in [6, 6.07) is 7.55. The van der Waals surface area contributed by atoms with Gasteiger partial charge in [-0.05, 0) is 23.6 Å². The van der Waals surface area contributed by atoms with Crippen molar-refractivity contribution < 1.29 is 9.90 Å². The van der Waals surface area contributed by atoms with E-state index in [2.05, 4.69) is 4.98 Å². The first-order valence-electron chi connectivity index (χ1n) is 4.99. The number of nitrogens with zero attached hydrogens (tertiary/aromatic N) is 2. The lowest BCUT2D eigenvalue weighted by Crippen LogP contribution is -2.00. The van der Waals surface area contributed by atoms with Crippen LogP contribution in [0, 0.1) is 0 Å². The van der Waals surface area contributed by atoms with Gasteiger partial charge in [-0.25, -0.2) is 9.78 Å². The molecule has 0 aromatic carbocycles. The van der Waals surface area contributed by atoms with Gasteiger partial charge in [0, 0.05) is 22.2 Å². The van der Waals surface area contributed by atoms with Gasteiger partial charge in [-0.3, -0.25) is 0 Å². The van der Waals surface area contributed by atoms with Gasteiger partial charge in [0.25, 0.3) is 0 Å². The van der Waals surface area contributed by atoms with Crippen molar-refractivity contribution in [1.29, 1.82) is 0 Å². The minimum absolute atomic E-state index is 0.0633. The van der Waals surface area contributed by atoms with Crippen LogP contribution < -0.4 is 0 Å². The molecule has 3 aromatic rings. The number of aromatic nitrogens is 2. The van der Waals surface area contributed by atoms with Crippen LogP contribution in [0.3, 0.4) is 0 Å². The van der Waals surface area contributed by atoms with Crippen LogP contribution in [-0.4, -0.2) is 20.5 Å². The number of carbonyl (C=O) groups is 1. The third kappa shape index (κ3) is 1.70. The number of aromatic carboxylic acids is 1. The van der Waals surface area contributed by atoms with Crippen LogP contribution in [-0.2, 0) is 0 Å². The summed E-state index contributed by atoms with van der Waals surface area (Å²) < 4.78 is 1.82. The van der Waals surface area contributed by atoms with E-state index in [4.69, 9.17) is 5.11 Å². The lowest BCUT2D eigenvalue weighted by atomic mass is 10.2. The lowest BCUT2D eigenvalue weighted by Gasteiger charge is -1.95. The highest BCUT2D eigenvalue weighted by Crippen LogP contribution is 2.26. The van der Waals surface area contributed by atoms with E-state index < -0.39 is 5.97 Å². The van der Waals surface area contributed by atoms with Crippen molar-refractivity contribution in [3.63, 3.8) is 0 Å². The summed E-state index contributed by atoms with van der Waals surface area (Å²) in [5.41, 5.74) is 1.97. The smallest absolute Gasteiger partial charge is 0.354 e. The number of carboxylic acids is 1. The Labute approximate surface area is 101 Å². The van der Waals surface area contributed by atoms with E-state index in [1.807, 2.05) is 34.2 Å². The molecule has 17 heavy (non-hydrogen) atoms. The molecular weight excluding hydrogens is 236 g/mol. The van der Waals surface area contributed by atoms with E-state index in [9.17, 15) is 4.79 Å². The molecule has 84 valence electrons. The number of rotatable bonds is 2. The highest BCUT2D eigenvalue weighted by molar-refractivity contribution is 7.13. The Balaban J connectivity index is 2.16. The topological polar surface area (TPSA) is 54.6 Å². The summed E-state index contributed by atoms with van der Waals surface area (Å²) in [5, 5.41) is 10.9. The van der Waals surface area contributed by atoms with Gasteiger partial charge in [0.05, 0.1) is 0 Å². The largest absolute Gasteiger partial charge is 0.477 e. The van der Waals surface area contributed by atoms with E-state index in [0.717, 1.165) is 16.0 Å². The molecule has 0 aliphatic carbocycles. The fraction of sp³-hybridized carbons (Fsp3) is 0. The predicted molar refractivity (Wildman–Crippen MR) is 65.5 cm³/mol. The second-order valence-electron chi connectivity index (χ2n) is 3.62. The minimum Gasteiger partial charge on any atom is -0.477 e. The Kier molecular flexibility index (Phi) is 2.19. The molecule has 0 bridgehead atoms. The molecule has 0 atom stereocenters. The van der Waals surface area contributed by atoms with Crippen molar-refractivity contribution in [3.8, 4) is 10.4 Å². The maximum absolute atomic E-state index is 10.8. The summed E-state index contributed by atoms with van der Waals surface area (Å²) in [4.78, 5) is 15.8. The maximum atomic E-state index is 10.8. The first kappa shape index (κ1) is 10.0. The molecule has 0 fully saturated rings. The third-order valence-electron chi connectivity index (χ3n) is 2.51. The normalized spacial score (nSPS) is 10.8. The van der Waals surface area contributed by atoms with Gasteiger partial charge < -0.3 is 9.51 Å². The molecule has 0 amide bonds. The number of fused-ring (bicyclic) bond motifs is 1. The zero-order chi connectivity index (χ0) is 11.8. The highest BCUT2D eigenvalue weighted by Gasteiger charge is 2.08. The van der Waals surface area contributed by atoms with Crippen LogP contribution in [0.2, 0.25) is 0 Å². The molecule has 5 heteroatoms. The van der Waals surface area contributed by atoms with Crippen LogP contribution in [0.15, 0.2) is 42.2 Å². The minimum atomic E-state index is -1.01. The van der Waals surface area contributed by atoms with Crippen LogP contribution in [0.25, 0.3) is 16.0 Å². The van der Waals surface area contributed by atoms with Crippen LogP contribution in [0.4, 0.5) is 0 Å². The highest BCUT2D eigenvalue weighted by atomic mass is 32.1. The van der Waals surface area contributed by atoms with Crippen molar-refractivity contribution >= 4 is 22.8 Å². The molecule has 3 heterocycles. The fourth-order valence-corrected chi connectivity index (χ4v) is 2.42. The first-order valence-corrected chi connectivity index (χ1v) is 5.87. The lowest BCUT2D eigenvalue weighted by molar-refractivity contribution is 0.0690. The molecule has 1 N–H and O–H groups in total. The average molecular weight is 244 g/mol. The monoisotopic (exact) mass is 244 g/mol. The second-order valence-corrected chi connectivity index (χ2v) is 4.57. The quantitative estimate of drug-likeness (QED) is 0.754. The maximum Gasteiger partial charge on any atom is 0.354 e. The Bertz CT molecular complexity index is 686. The molecule has 0 saturated heterocycles. The Morgan fingerprint density at radius 1 is 1.41 bits per heavy atom. The van der Waals surface area contributed by atoms with Crippen molar-refractivity contribution in [2.24, 2.45) is 0 Å². The van der Waals surface area contributed by atoms with Gasteiger partial charge in [0.1, 0.15) is 6.33 Å². The third-order valence-corrected chi connectivity index (χ3v) is 3.43. The van der Waals surface area contributed by atoms with Crippen molar-refractivity contribution in [1.82, 2.24) is 9.38 Å². The summed E-state index contributed by atoms with van der Waals surface area (Å²) in [6.07, 6.45) is 3.47. The van der Waals surface area contributed by atoms with E-state index in [1.165, 1.54) is 6.33 Å². The molecule has 0 spiro atoms. The van der Waals surface area contributed by atoms with Gasteiger partial charge in [0.2, 0.25) is 0 Å². The molecule has 0 saturated carbocycles. The number of thiophene rings is 1. The standard InChI is InChI=1S/C12H8N2O2S/c15-12(16)10-5-9-4-8(6-14(9)7-13-10)11-2-1-3-17-11/h1-7H,(H,15,16). The van der Waals surface area contributed by atoms with E-state index >= 15 is 0 Å². The predicted octanol–water partition coefficient (Wildman–Crippen LogP) is 2.76. The second kappa shape index (κ2) is 3.71. The van der Waals surface area contributed by atoms with Crippen LogP contribution in [0.1, 0.15) is 10.5 Å². The molecule has 3 aromatic heterocycles. The van der Waals surface area contributed by atoms with Gasteiger partial charge in [-0.2, -0.15) is 0 Å². The van der Waals surface area contributed by atoms with Gasteiger partial charge in [0.15, 0.2) is 5.69 Å². The average Bonchev–Trinajstić information content (AvgIpc) is 2.96. The summed E-state index contributed by atoms with van der Waals surface area (Å²) in [6.45, 7) is 0. The van der Waals surface area contributed by atoms with Crippen molar-refractivity contribution in [3.05, 3.63) is 47.9 Å². The summed E-state index contributed by atoms with van der Waals surface area (Å²) in [7, 11) is 0. The molecule has 4 nitrogen and oxygen atoms in total. The molecule has 0 aliphatic heterocycles. The summed E-state index contributed by atoms with van der Waals surface area (Å²) >= 11 is 1.65. The number of hydrogen-bond donors (Lipinski definition) is 1. The SMILES string of the molecule is O=C(O)c1cc2cc(-c3cccs3)cn2cn1. The van der Waals surface area contributed by atoms with Gasteiger partial charge >= 0.3 is 5.97 Å². The number of carboxylic acid groups (broad SMARTS) is 1. The summed E-state index contributed by atoms with van der Waals surface area (Å²) in [5.74, 6) is -1.01. The molecule has 0 unspecified atom stereocenters. The van der Waals surface area contributed by atoms with Gasteiger partial charge in [-0.1, -0.05) is 6.07 Å². The van der Waals surface area contributed by atoms with Crippen molar-refractivity contribution in [2.45, 2.75) is 0 Å². The van der Waals surface area contributed by atoms with Gasteiger partial charge in [-0.15, -0.1) is 11.3 Å². The molecule has 0 radical (unpaired) electrons. The zero-order valence-corrected chi connectivity index (χ0v) is 9.52. The van der Waals surface area contributed by atoms with Crippen molar-refractivity contribution in [2.75, 3.05) is 0 Å². The fourth-order valence-electron chi connectivity index (χ4n) is 1.71. The number of hydrogen-bond acceptors (Lipinski definition) is 3. The Hall–Kier alpha value is -2.14.